The largest absolute Gasteiger partial charge is 0.352 e. The number of carbonyl (C=O) groups is 1. The Labute approximate surface area is 205 Å². The molecule has 1 aromatic heterocycles. The van der Waals surface area contributed by atoms with Gasteiger partial charge in [-0.3, -0.25) is 14.2 Å². The minimum Gasteiger partial charge on any atom is -0.352 e. The number of nitrogens with zero attached hydrogens (tertiary/aromatic N) is 3. The number of fused-ring (bicyclic) bond motifs is 1. The van der Waals surface area contributed by atoms with Crippen LogP contribution in [0.2, 0.25) is 0 Å². The zero-order valence-electron chi connectivity index (χ0n) is 20.0. The summed E-state index contributed by atoms with van der Waals surface area (Å²) >= 11 is 0. The van der Waals surface area contributed by atoms with Crippen molar-refractivity contribution in [1.29, 1.82) is 0 Å². The summed E-state index contributed by atoms with van der Waals surface area (Å²) in [7, 11) is 0. The molecule has 0 radical (unpaired) electrons. The van der Waals surface area contributed by atoms with E-state index in [0.717, 1.165) is 35.0 Å². The summed E-state index contributed by atoms with van der Waals surface area (Å²) in [6, 6.07) is 25.9. The molecular formula is C29H30N4O2. The lowest BCUT2D eigenvalue weighted by Crippen LogP contribution is -2.45. The number of rotatable bonds is 6. The number of aromatic nitrogens is 2. The van der Waals surface area contributed by atoms with Gasteiger partial charge in [-0.15, -0.1) is 0 Å². The van der Waals surface area contributed by atoms with E-state index in [1.165, 1.54) is 5.56 Å². The van der Waals surface area contributed by atoms with Crippen LogP contribution in [0.25, 0.3) is 11.0 Å². The second-order valence-corrected chi connectivity index (χ2v) is 9.29. The summed E-state index contributed by atoms with van der Waals surface area (Å²) in [6.45, 7) is 4.24. The Balaban J connectivity index is 1.38. The third-order valence-corrected chi connectivity index (χ3v) is 6.70. The van der Waals surface area contributed by atoms with Gasteiger partial charge in [-0.25, -0.2) is 4.98 Å². The van der Waals surface area contributed by atoms with E-state index in [4.69, 9.17) is 4.98 Å². The number of anilines is 1. The zero-order valence-corrected chi connectivity index (χ0v) is 20.0. The van der Waals surface area contributed by atoms with Gasteiger partial charge in [0, 0.05) is 19.6 Å². The van der Waals surface area contributed by atoms with Crippen molar-refractivity contribution in [1.82, 2.24) is 14.9 Å². The predicted molar refractivity (Wildman–Crippen MR) is 140 cm³/mol. The number of amides is 1. The average Bonchev–Trinajstić information content (AvgIpc) is 2.90. The molecule has 1 aliphatic rings. The molecule has 1 amide bonds. The Bertz CT molecular complexity index is 1380. The van der Waals surface area contributed by atoms with Gasteiger partial charge in [0.1, 0.15) is 0 Å². The quantitative estimate of drug-likeness (QED) is 0.461. The SMILES string of the molecule is Cc1ccc(CNC(=O)[C@@H]2CCCN(c3nc4ccccc4n(Cc4ccccc4)c3=O)C2)cc1. The summed E-state index contributed by atoms with van der Waals surface area (Å²) < 4.78 is 1.80. The number of benzene rings is 3. The van der Waals surface area contributed by atoms with E-state index in [0.29, 0.717) is 32.0 Å². The summed E-state index contributed by atoms with van der Waals surface area (Å²) in [4.78, 5) is 33.4. The van der Waals surface area contributed by atoms with Crippen molar-refractivity contribution < 1.29 is 4.79 Å². The Morgan fingerprint density at radius 1 is 0.971 bits per heavy atom. The maximum absolute atomic E-state index is 13.7. The van der Waals surface area contributed by atoms with Crippen LogP contribution in [0.4, 0.5) is 5.82 Å². The highest BCUT2D eigenvalue weighted by atomic mass is 16.2. The first-order valence-corrected chi connectivity index (χ1v) is 12.2. The number of nitrogens with one attached hydrogen (secondary N) is 1. The third-order valence-electron chi connectivity index (χ3n) is 6.70. The summed E-state index contributed by atoms with van der Waals surface area (Å²) in [5.74, 6) is 0.279. The lowest BCUT2D eigenvalue weighted by molar-refractivity contribution is -0.125. The maximum Gasteiger partial charge on any atom is 0.294 e. The molecule has 3 aromatic carbocycles. The highest BCUT2D eigenvalue weighted by Crippen LogP contribution is 2.22. The summed E-state index contributed by atoms with van der Waals surface area (Å²) in [6.07, 6.45) is 1.65. The standard InChI is InChI=1S/C29H30N4O2/c1-21-13-15-22(16-14-21)18-30-28(34)24-10-7-17-32(20-24)27-29(35)33(19-23-8-3-2-4-9-23)26-12-6-5-11-25(26)31-27/h2-6,8-9,11-16,24H,7,10,17-20H2,1H3,(H,30,34)/t24-/m1/s1. The number of para-hydroxylation sites is 2. The molecule has 2 heterocycles. The van der Waals surface area contributed by atoms with E-state index in [9.17, 15) is 9.59 Å². The third kappa shape index (κ3) is 5.11. The number of hydrogen-bond acceptors (Lipinski definition) is 4. The minimum atomic E-state index is -0.176. The van der Waals surface area contributed by atoms with Crippen molar-refractivity contribution in [2.75, 3.05) is 18.0 Å². The second kappa shape index (κ2) is 10.1. The van der Waals surface area contributed by atoms with Gasteiger partial charge >= 0.3 is 0 Å². The first-order chi connectivity index (χ1) is 17.1. The van der Waals surface area contributed by atoms with E-state index in [-0.39, 0.29) is 17.4 Å². The van der Waals surface area contributed by atoms with Gasteiger partial charge in [0.2, 0.25) is 5.91 Å². The Morgan fingerprint density at radius 2 is 1.71 bits per heavy atom. The van der Waals surface area contributed by atoms with Crippen molar-refractivity contribution in [2.45, 2.75) is 32.9 Å². The van der Waals surface area contributed by atoms with Gasteiger partial charge in [0.05, 0.1) is 23.5 Å². The van der Waals surface area contributed by atoms with E-state index in [2.05, 4.69) is 17.4 Å². The Hall–Kier alpha value is -3.93. The first kappa shape index (κ1) is 22.8. The van der Waals surface area contributed by atoms with Crippen LogP contribution < -0.4 is 15.8 Å². The van der Waals surface area contributed by atoms with Gasteiger partial charge in [0.25, 0.3) is 5.56 Å². The van der Waals surface area contributed by atoms with Crippen molar-refractivity contribution in [2.24, 2.45) is 5.92 Å². The molecule has 4 aromatic rings. The molecular weight excluding hydrogens is 436 g/mol. The average molecular weight is 467 g/mol. The predicted octanol–water partition coefficient (Wildman–Crippen LogP) is 4.29. The topological polar surface area (TPSA) is 67.2 Å². The molecule has 0 aliphatic carbocycles. The van der Waals surface area contributed by atoms with E-state index < -0.39 is 0 Å². The molecule has 178 valence electrons. The fraction of sp³-hybridized carbons (Fsp3) is 0.276. The van der Waals surface area contributed by atoms with Crippen LogP contribution in [0, 0.1) is 12.8 Å². The number of hydrogen-bond donors (Lipinski definition) is 1. The van der Waals surface area contributed by atoms with Gasteiger partial charge in [-0.1, -0.05) is 72.3 Å². The Kier molecular flexibility index (Phi) is 6.62. The van der Waals surface area contributed by atoms with Crippen LogP contribution in [-0.2, 0) is 17.9 Å². The van der Waals surface area contributed by atoms with Gasteiger partial charge in [-0.2, -0.15) is 0 Å². The van der Waals surface area contributed by atoms with Crippen molar-refractivity contribution >= 4 is 22.8 Å². The lowest BCUT2D eigenvalue weighted by atomic mass is 9.97. The van der Waals surface area contributed by atoms with Crippen LogP contribution in [0.15, 0.2) is 83.7 Å². The van der Waals surface area contributed by atoms with Crippen LogP contribution in [0.1, 0.15) is 29.5 Å². The molecule has 0 saturated carbocycles. The normalized spacial score (nSPS) is 15.8. The highest BCUT2D eigenvalue weighted by Gasteiger charge is 2.28. The van der Waals surface area contributed by atoms with Gasteiger partial charge < -0.3 is 10.2 Å². The lowest BCUT2D eigenvalue weighted by Gasteiger charge is -2.32. The summed E-state index contributed by atoms with van der Waals surface area (Å²) in [5.41, 5.74) is 4.82. The molecule has 1 saturated heterocycles. The molecule has 1 atom stereocenters. The fourth-order valence-electron chi connectivity index (χ4n) is 4.73. The first-order valence-electron chi connectivity index (χ1n) is 12.2. The molecule has 35 heavy (non-hydrogen) atoms. The highest BCUT2D eigenvalue weighted by molar-refractivity contribution is 5.80. The van der Waals surface area contributed by atoms with Crippen LogP contribution in [-0.4, -0.2) is 28.5 Å². The molecule has 0 bridgehead atoms. The smallest absolute Gasteiger partial charge is 0.294 e. The summed E-state index contributed by atoms with van der Waals surface area (Å²) in [5, 5.41) is 3.08. The number of carbonyl (C=O) groups excluding carboxylic acids is 1. The van der Waals surface area contributed by atoms with Crippen LogP contribution in [0.3, 0.4) is 0 Å². The number of aryl methyl sites for hydroxylation is 1. The fourth-order valence-corrected chi connectivity index (χ4v) is 4.73. The minimum absolute atomic E-state index is 0.0284. The number of piperidine rings is 1. The zero-order chi connectivity index (χ0) is 24.2. The van der Waals surface area contributed by atoms with Crippen LogP contribution >= 0.6 is 0 Å². The molecule has 0 spiro atoms. The molecule has 1 N–H and O–H groups in total. The van der Waals surface area contributed by atoms with E-state index in [1.54, 1.807) is 4.57 Å². The van der Waals surface area contributed by atoms with Crippen LogP contribution in [0.5, 0.6) is 0 Å². The van der Waals surface area contributed by atoms with Crippen molar-refractivity contribution in [3.8, 4) is 0 Å². The molecule has 0 unspecified atom stereocenters. The molecule has 6 heteroatoms. The maximum atomic E-state index is 13.7. The van der Waals surface area contributed by atoms with Gasteiger partial charge in [-0.05, 0) is 43.0 Å². The van der Waals surface area contributed by atoms with E-state index >= 15 is 0 Å². The second-order valence-electron chi connectivity index (χ2n) is 9.29. The monoisotopic (exact) mass is 466 g/mol. The molecule has 6 nitrogen and oxygen atoms in total. The molecule has 5 rings (SSSR count). The Morgan fingerprint density at radius 3 is 2.51 bits per heavy atom. The molecule has 1 aliphatic heterocycles. The van der Waals surface area contributed by atoms with Gasteiger partial charge in [0.15, 0.2) is 5.82 Å². The van der Waals surface area contributed by atoms with Crippen molar-refractivity contribution in [3.63, 3.8) is 0 Å². The van der Waals surface area contributed by atoms with Crippen molar-refractivity contribution in [3.05, 3.63) is 106 Å². The molecule has 1 fully saturated rings. The van der Waals surface area contributed by atoms with E-state index in [1.807, 2.05) is 78.6 Å².